The molecule has 3 aromatic carbocycles. The van der Waals surface area contributed by atoms with Gasteiger partial charge in [0.2, 0.25) is 0 Å². The maximum Gasteiger partial charge on any atom is 0.106 e. The van der Waals surface area contributed by atoms with Crippen molar-refractivity contribution in [2.45, 2.75) is 41.5 Å². The van der Waals surface area contributed by atoms with Crippen LogP contribution in [0, 0.1) is 41.5 Å². The number of hydrogen-bond acceptors (Lipinski definition) is 4. The van der Waals surface area contributed by atoms with Crippen LogP contribution in [0.5, 0.6) is 0 Å². The summed E-state index contributed by atoms with van der Waals surface area (Å²) >= 11 is 0. The van der Waals surface area contributed by atoms with Gasteiger partial charge in [0.1, 0.15) is 5.82 Å². The molecular formula is C56H62N10. The summed E-state index contributed by atoms with van der Waals surface area (Å²) in [7, 11) is 12.3. The molecule has 336 valence electrons. The van der Waals surface area contributed by atoms with Gasteiger partial charge in [-0.25, -0.2) is 4.98 Å². The molecule has 0 aliphatic rings. The van der Waals surface area contributed by atoms with E-state index in [1.165, 1.54) is 82.6 Å². The Kier molecular flexibility index (Phi) is 14.3. The summed E-state index contributed by atoms with van der Waals surface area (Å²) < 4.78 is 12.8. The molecule has 12 aromatic rings. The zero-order chi connectivity index (χ0) is 47.1. The van der Waals surface area contributed by atoms with Gasteiger partial charge in [-0.05, 0) is 101 Å². The summed E-state index contributed by atoms with van der Waals surface area (Å²) in [5, 5.41) is 10.3. The van der Waals surface area contributed by atoms with Crippen LogP contribution in [0.3, 0.4) is 0 Å². The van der Waals surface area contributed by atoms with Crippen molar-refractivity contribution >= 4 is 65.2 Å². The monoisotopic (exact) mass is 875 g/mol. The van der Waals surface area contributed by atoms with Gasteiger partial charge in [-0.2, -0.15) is 0 Å². The van der Waals surface area contributed by atoms with Gasteiger partial charge in [-0.1, -0.05) is 54.6 Å². The van der Waals surface area contributed by atoms with Crippen molar-refractivity contribution in [1.82, 2.24) is 47.3 Å². The summed E-state index contributed by atoms with van der Waals surface area (Å²) in [6.45, 7) is 12.6. The average Bonchev–Trinajstić information content (AvgIpc) is 4.13. The van der Waals surface area contributed by atoms with Crippen molar-refractivity contribution < 1.29 is 0 Å². The molecule has 0 aliphatic heterocycles. The Morgan fingerprint density at radius 2 is 0.894 bits per heavy atom. The molecule has 10 heteroatoms. The van der Waals surface area contributed by atoms with Gasteiger partial charge in [0.25, 0.3) is 0 Å². The number of pyridine rings is 3. The highest BCUT2D eigenvalue weighted by atomic mass is 15.0. The first kappa shape index (κ1) is 46.3. The predicted octanol–water partition coefficient (Wildman–Crippen LogP) is 12.5. The van der Waals surface area contributed by atoms with Gasteiger partial charge < -0.3 is 27.4 Å². The van der Waals surface area contributed by atoms with Crippen LogP contribution >= 0.6 is 0 Å². The summed E-state index contributed by atoms with van der Waals surface area (Å²) in [5.41, 5.74) is 11.1. The maximum atomic E-state index is 4.38. The third-order valence-electron chi connectivity index (χ3n) is 12.7. The van der Waals surface area contributed by atoms with E-state index in [0.29, 0.717) is 0 Å². The van der Waals surface area contributed by atoms with Crippen molar-refractivity contribution in [3.8, 4) is 0 Å². The van der Waals surface area contributed by atoms with E-state index in [-0.39, 0.29) is 0 Å². The first-order valence-corrected chi connectivity index (χ1v) is 22.2. The second kappa shape index (κ2) is 20.4. The van der Waals surface area contributed by atoms with E-state index in [1.54, 1.807) is 0 Å². The van der Waals surface area contributed by atoms with Crippen molar-refractivity contribution in [3.63, 3.8) is 0 Å². The minimum Gasteiger partial charge on any atom is -0.353 e. The van der Waals surface area contributed by atoms with Gasteiger partial charge >= 0.3 is 0 Å². The minimum atomic E-state index is 1.06. The molecule has 66 heavy (non-hydrogen) atoms. The fourth-order valence-electron chi connectivity index (χ4n) is 8.07. The van der Waals surface area contributed by atoms with E-state index < -0.39 is 0 Å². The van der Waals surface area contributed by atoms with Gasteiger partial charge in [0.05, 0.1) is 16.6 Å². The van der Waals surface area contributed by atoms with Crippen LogP contribution in [-0.2, 0) is 42.3 Å². The molecule has 0 amide bonds. The lowest BCUT2D eigenvalue weighted by Gasteiger charge is -1.96. The van der Waals surface area contributed by atoms with Crippen molar-refractivity contribution in [1.29, 1.82) is 0 Å². The van der Waals surface area contributed by atoms with E-state index in [2.05, 4.69) is 195 Å². The Morgan fingerprint density at radius 3 is 1.53 bits per heavy atom. The van der Waals surface area contributed by atoms with Gasteiger partial charge in [-0.3, -0.25) is 15.0 Å². The highest BCUT2D eigenvalue weighted by Gasteiger charge is 2.04. The zero-order valence-corrected chi connectivity index (χ0v) is 40.5. The molecule has 0 fully saturated rings. The van der Waals surface area contributed by atoms with Crippen LogP contribution in [0.1, 0.15) is 34.3 Å². The summed E-state index contributed by atoms with van der Waals surface area (Å²) in [6, 6.07) is 35.4. The molecule has 0 aliphatic carbocycles. The Balaban J connectivity index is 0.000000118. The second-order valence-corrected chi connectivity index (χ2v) is 16.9. The van der Waals surface area contributed by atoms with Crippen LogP contribution in [0.25, 0.3) is 65.2 Å². The van der Waals surface area contributed by atoms with Gasteiger partial charge in [0.15, 0.2) is 0 Å². The molecule has 0 unspecified atom stereocenters. The Bertz CT molecular complexity index is 2920. The van der Waals surface area contributed by atoms with Crippen molar-refractivity contribution in [3.05, 3.63) is 193 Å². The molecule has 0 spiro atoms. The number of nitrogens with zero attached hydrogens (tertiary/aromatic N) is 10. The van der Waals surface area contributed by atoms with Crippen LogP contribution in [0.4, 0.5) is 0 Å². The molecule has 9 aromatic heterocycles. The fourth-order valence-corrected chi connectivity index (χ4v) is 8.07. The molecule has 0 atom stereocenters. The average molecular weight is 875 g/mol. The Morgan fingerprint density at radius 1 is 0.379 bits per heavy atom. The lowest BCUT2D eigenvalue weighted by atomic mass is 10.2. The molecule has 0 N–H and O–H groups in total. The first-order chi connectivity index (χ1) is 31.7. The largest absolute Gasteiger partial charge is 0.353 e. The third-order valence-corrected chi connectivity index (χ3v) is 12.7. The molecule has 10 nitrogen and oxygen atoms in total. The number of aryl methyl sites for hydroxylation is 12. The van der Waals surface area contributed by atoms with Crippen LogP contribution < -0.4 is 0 Å². The Labute approximate surface area is 388 Å². The van der Waals surface area contributed by atoms with E-state index in [9.17, 15) is 0 Å². The summed E-state index contributed by atoms with van der Waals surface area (Å²) in [4.78, 5) is 16.7. The first-order valence-electron chi connectivity index (χ1n) is 22.2. The highest BCUT2D eigenvalue weighted by Crippen LogP contribution is 2.21. The smallest absolute Gasteiger partial charge is 0.106 e. The topological polar surface area (TPSA) is 81.1 Å². The quantitative estimate of drug-likeness (QED) is 0.152. The third kappa shape index (κ3) is 10.1. The maximum absolute atomic E-state index is 4.38. The zero-order valence-electron chi connectivity index (χ0n) is 40.5. The number of para-hydroxylation sites is 3. The number of benzene rings is 3. The molecule has 0 saturated carbocycles. The molecule has 0 radical (unpaired) electrons. The lowest BCUT2D eigenvalue weighted by molar-refractivity contribution is 0.886. The van der Waals surface area contributed by atoms with Crippen LogP contribution in [0.15, 0.2) is 159 Å². The number of rotatable bonds is 0. The highest BCUT2D eigenvalue weighted by molar-refractivity contribution is 5.86. The Hall–Kier alpha value is -7.72. The molecule has 0 saturated heterocycles. The molecule has 12 rings (SSSR count). The summed E-state index contributed by atoms with van der Waals surface area (Å²) in [5.74, 6) is 1.06. The minimum absolute atomic E-state index is 1.06. The van der Waals surface area contributed by atoms with E-state index >= 15 is 0 Å². The van der Waals surface area contributed by atoms with E-state index in [0.717, 1.165) is 16.9 Å². The lowest BCUT2D eigenvalue weighted by Crippen LogP contribution is -1.89. The molecule has 0 bridgehead atoms. The van der Waals surface area contributed by atoms with Gasteiger partial charge in [0, 0.05) is 164 Å². The number of hydrogen-bond donors (Lipinski definition) is 0. The summed E-state index contributed by atoms with van der Waals surface area (Å²) in [6.07, 6.45) is 17.7. The fraction of sp³-hybridized carbons (Fsp3) is 0.214. The second-order valence-electron chi connectivity index (χ2n) is 16.9. The predicted molar refractivity (Wildman–Crippen MR) is 277 cm³/mol. The van der Waals surface area contributed by atoms with Crippen molar-refractivity contribution in [2.24, 2.45) is 42.3 Å². The number of fused-ring (bicyclic) bond motifs is 6. The standard InChI is InChI=1S/2C10H11N.4C9H10N2/c1-8-10-6-4-3-5-9(10)7-11(8)2;1-8-7-9-5-3-4-6-10(9)11(8)2;1-7-9-3-4-10-5-8(9)6-11(7)2;1-7-9-5-10-4-3-8(9)6-11(7)2;1-7-8-4-3-5-10-9(8)6-11(7)2;1-7-10-8-5-3-4-6-9(8)11(7)2/h2*3-7H,1-2H3;4*3-6H,1-2H3. The van der Waals surface area contributed by atoms with E-state index in [4.69, 9.17) is 0 Å². The number of aromatic nitrogens is 10. The SMILES string of the molecule is Cc1c2ccccc2cn1C.Cc1c2cccnc2cn1C.Cc1c2ccncc2cn1C.Cc1c2cnccc2cn1C.Cc1cc2ccccc2n1C.Cc1nc2ccccc2n1C. The van der Waals surface area contributed by atoms with Gasteiger partial charge in [-0.15, -0.1) is 0 Å². The van der Waals surface area contributed by atoms with Crippen molar-refractivity contribution in [2.75, 3.05) is 0 Å². The normalized spacial score (nSPS) is 10.7. The molecular weight excluding hydrogens is 813 g/mol. The molecule has 9 heterocycles. The number of imidazole rings is 1. The van der Waals surface area contributed by atoms with Crippen LogP contribution in [-0.4, -0.2) is 47.3 Å². The van der Waals surface area contributed by atoms with Crippen LogP contribution in [0.2, 0.25) is 0 Å². The van der Waals surface area contributed by atoms with E-state index in [1.807, 2.05) is 94.6 Å².